The molecule has 0 aliphatic rings. The smallest absolute Gasteiger partial charge is 0.326 e. The summed E-state index contributed by atoms with van der Waals surface area (Å²) in [5.74, 6) is -5.79. The molecule has 13 heteroatoms. The quantitative estimate of drug-likeness (QED) is 0.154. The maximum Gasteiger partial charge on any atom is 0.326 e. The van der Waals surface area contributed by atoms with E-state index >= 15 is 0 Å². The number of carboxylic acid groups (broad SMARTS) is 2. The number of phenolic OH excluding ortho intramolecular Hbond substituents is 1. The third kappa shape index (κ3) is 9.27. The molecule has 0 bridgehead atoms. The van der Waals surface area contributed by atoms with Crippen molar-refractivity contribution in [2.75, 3.05) is 5.75 Å². The van der Waals surface area contributed by atoms with Crippen LogP contribution in [-0.2, 0) is 30.4 Å². The van der Waals surface area contributed by atoms with Crippen LogP contribution >= 0.6 is 12.6 Å². The van der Waals surface area contributed by atoms with E-state index < -0.39 is 66.2 Å². The van der Waals surface area contributed by atoms with Gasteiger partial charge in [-0.25, -0.2) is 4.79 Å². The van der Waals surface area contributed by atoms with E-state index in [2.05, 4.69) is 28.6 Å². The molecule has 1 aromatic rings. The van der Waals surface area contributed by atoms with Crippen LogP contribution in [0.1, 0.15) is 25.8 Å². The normalized spacial score (nSPS) is 14.4. The monoisotopic (exact) mass is 498 g/mol. The molecule has 0 fully saturated rings. The van der Waals surface area contributed by atoms with E-state index in [-0.39, 0.29) is 17.9 Å². The van der Waals surface area contributed by atoms with Crippen LogP contribution in [0, 0.1) is 5.92 Å². The number of thiol groups is 1. The van der Waals surface area contributed by atoms with Crippen molar-refractivity contribution in [3.8, 4) is 5.75 Å². The Morgan fingerprint density at radius 1 is 0.912 bits per heavy atom. The van der Waals surface area contributed by atoms with Gasteiger partial charge in [0.15, 0.2) is 0 Å². The number of carbonyl (C=O) groups excluding carboxylic acids is 3. The molecule has 0 aliphatic heterocycles. The van der Waals surface area contributed by atoms with Crippen LogP contribution in [0.25, 0.3) is 0 Å². The Morgan fingerprint density at radius 2 is 1.44 bits per heavy atom. The van der Waals surface area contributed by atoms with Crippen LogP contribution in [0.3, 0.4) is 0 Å². The fourth-order valence-electron chi connectivity index (χ4n) is 2.86. The lowest BCUT2D eigenvalue weighted by molar-refractivity contribution is -0.144. The highest BCUT2D eigenvalue weighted by molar-refractivity contribution is 7.80. The summed E-state index contributed by atoms with van der Waals surface area (Å²) in [5.41, 5.74) is 6.08. The third-order valence-electron chi connectivity index (χ3n) is 4.78. The first kappa shape index (κ1) is 28.7. The minimum absolute atomic E-state index is 0.0238. The van der Waals surface area contributed by atoms with E-state index in [0.29, 0.717) is 5.56 Å². The fraction of sp³-hybridized carbons (Fsp3) is 0.476. The Bertz CT molecular complexity index is 893. The van der Waals surface area contributed by atoms with E-state index in [0.717, 1.165) is 0 Å². The predicted octanol–water partition coefficient (Wildman–Crippen LogP) is -1.14. The second-order valence-corrected chi connectivity index (χ2v) is 8.31. The topological polar surface area (TPSA) is 208 Å². The zero-order valence-electron chi connectivity index (χ0n) is 18.7. The second kappa shape index (κ2) is 13.4. The number of amides is 3. The van der Waals surface area contributed by atoms with Gasteiger partial charge in [0, 0.05) is 12.2 Å². The van der Waals surface area contributed by atoms with Crippen molar-refractivity contribution < 1.29 is 39.3 Å². The van der Waals surface area contributed by atoms with Gasteiger partial charge < -0.3 is 37.0 Å². The Labute approximate surface area is 201 Å². The van der Waals surface area contributed by atoms with Gasteiger partial charge in [0.25, 0.3) is 0 Å². The number of nitrogens with two attached hydrogens (primary N) is 1. The molecule has 0 aromatic heterocycles. The lowest BCUT2D eigenvalue weighted by Crippen LogP contribution is -2.58. The number of rotatable bonds is 13. The zero-order chi connectivity index (χ0) is 26.0. The zero-order valence-corrected chi connectivity index (χ0v) is 19.6. The molecule has 12 nitrogen and oxygen atoms in total. The summed E-state index contributed by atoms with van der Waals surface area (Å²) in [5, 5.41) is 35.0. The number of hydrogen-bond acceptors (Lipinski definition) is 8. The van der Waals surface area contributed by atoms with Gasteiger partial charge in [-0.2, -0.15) is 12.6 Å². The minimum atomic E-state index is -1.55. The van der Waals surface area contributed by atoms with Crippen LogP contribution in [0.5, 0.6) is 5.75 Å². The molecular formula is C21H30N4O8S. The van der Waals surface area contributed by atoms with Crippen molar-refractivity contribution in [3.05, 3.63) is 29.8 Å². The minimum Gasteiger partial charge on any atom is -0.508 e. The molecule has 0 heterocycles. The Kier molecular flexibility index (Phi) is 11.3. The lowest BCUT2D eigenvalue weighted by Gasteiger charge is -2.25. The van der Waals surface area contributed by atoms with E-state index in [4.69, 9.17) is 10.8 Å². The number of benzene rings is 1. The van der Waals surface area contributed by atoms with Gasteiger partial charge >= 0.3 is 11.9 Å². The van der Waals surface area contributed by atoms with Gasteiger partial charge in [0.2, 0.25) is 17.7 Å². The van der Waals surface area contributed by atoms with Crippen molar-refractivity contribution in [1.29, 1.82) is 0 Å². The summed E-state index contributed by atoms with van der Waals surface area (Å²) in [6.07, 6.45) is -0.889. The van der Waals surface area contributed by atoms with Crippen LogP contribution in [0.2, 0.25) is 0 Å². The maximum absolute atomic E-state index is 12.9. The van der Waals surface area contributed by atoms with Gasteiger partial charge in [-0.05, 0) is 23.6 Å². The molecule has 3 amide bonds. The van der Waals surface area contributed by atoms with Crippen molar-refractivity contribution >= 4 is 42.3 Å². The number of nitrogens with one attached hydrogen (secondary N) is 3. The maximum atomic E-state index is 12.9. The number of phenols is 1. The number of carbonyl (C=O) groups is 5. The van der Waals surface area contributed by atoms with Crippen molar-refractivity contribution in [2.24, 2.45) is 11.7 Å². The van der Waals surface area contributed by atoms with Crippen LogP contribution in [-0.4, -0.2) is 74.9 Å². The second-order valence-electron chi connectivity index (χ2n) is 7.95. The van der Waals surface area contributed by atoms with Crippen molar-refractivity contribution in [1.82, 2.24) is 16.0 Å². The van der Waals surface area contributed by atoms with Gasteiger partial charge in [-0.1, -0.05) is 26.0 Å². The summed E-state index contributed by atoms with van der Waals surface area (Å²) in [4.78, 5) is 60.6. The summed E-state index contributed by atoms with van der Waals surface area (Å²) in [6, 6.07) is 0.540. The van der Waals surface area contributed by atoms with E-state index in [1.165, 1.54) is 24.3 Å². The highest BCUT2D eigenvalue weighted by Gasteiger charge is 2.32. The molecule has 0 radical (unpaired) electrons. The number of aliphatic carboxylic acids is 2. The molecule has 188 valence electrons. The lowest BCUT2D eigenvalue weighted by atomic mass is 10.0. The molecule has 0 spiro atoms. The van der Waals surface area contributed by atoms with Crippen LogP contribution in [0.4, 0.5) is 0 Å². The molecule has 0 saturated carbocycles. The summed E-state index contributed by atoms with van der Waals surface area (Å²) >= 11 is 3.89. The Balaban J connectivity index is 3.16. The van der Waals surface area contributed by atoms with E-state index in [9.17, 15) is 34.2 Å². The molecule has 1 aromatic carbocycles. The van der Waals surface area contributed by atoms with Crippen molar-refractivity contribution in [2.45, 2.75) is 50.9 Å². The number of aromatic hydroxyl groups is 1. The molecular weight excluding hydrogens is 468 g/mol. The first-order valence-corrected chi connectivity index (χ1v) is 11.0. The van der Waals surface area contributed by atoms with Crippen molar-refractivity contribution in [3.63, 3.8) is 0 Å². The fourth-order valence-corrected chi connectivity index (χ4v) is 3.03. The highest BCUT2D eigenvalue weighted by atomic mass is 32.1. The largest absolute Gasteiger partial charge is 0.508 e. The van der Waals surface area contributed by atoms with Crippen LogP contribution < -0.4 is 21.7 Å². The van der Waals surface area contributed by atoms with Gasteiger partial charge in [-0.15, -0.1) is 0 Å². The number of carboxylic acids is 2. The molecule has 4 atom stereocenters. The Hall–Kier alpha value is -3.32. The molecule has 0 saturated heterocycles. The summed E-state index contributed by atoms with van der Waals surface area (Å²) in [6.45, 7) is 3.19. The van der Waals surface area contributed by atoms with Gasteiger partial charge in [0.05, 0.1) is 12.5 Å². The average Bonchev–Trinajstić information content (AvgIpc) is 2.76. The summed E-state index contributed by atoms with van der Waals surface area (Å²) in [7, 11) is 0. The van der Waals surface area contributed by atoms with Gasteiger partial charge in [-0.3, -0.25) is 19.2 Å². The van der Waals surface area contributed by atoms with Gasteiger partial charge in [0.1, 0.15) is 23.9 Å². The first-order chi connectivity index (χ1) is 15.8. The molecule has 4 unspecified atom stereocenters. The first-order valence-electron chi connectivity index (χ1n) is 10.4. The van der Waals surface area contributed by atoms with Crippen LogP contribution in [0.15, 0.2) is 24.3 Å². The Morgan fingerprint density at radius 3 is 1.91 bits per heavy atom. The molecule has 1 rings (SSSR count). The number of hydrogen-bond donors (Lipinski definition) is 8. The predicted molar refractivity (Wildman–Crippen MR) is 124 cm³/mol. The SMILES string of the molecule is CC(C)C(NC(=O)C(Cc1ccc(O)cc1)NC(=O)C(CC(=O)O)NC(=O)C(N)CS)C(=O)O. The summed E-state index contributed by atoms with van der Waals surface area (Å²) < 4.78 is 0. The molecule has 8 N–H and O–H groups in total. The average molecular weight is 499 g/mol. The standard InChI is InChI=1S/C21H30N4O8S/c1-10(2)17(21(32)33)25-20(31)14(7-11-3-5-12(26)6-4-11)24-19(30)15(8-16(27)28)23-18(29)13(22)9-34/h3-6,10,13-15,17,26,34H,7-9,22H2,1-2H3,(H,23,29)(H,24,30)(H,25,31)(H,27,28)(H,32,33). The third-order valence-corrected chi connectivity index (χ3v) is 5.18. The highest BCUT2D eigenvalue weighted by Crippen LogP contribution is 2.12. The molecule has 34 heavy (non-hydrogen) atoms. The molecule has 0 aliphatic carbocycles. The van der Waals surface area contributed by atoms with E-state index in [1.807, 2.05) is 0 Å². The van der Waals surface area contributed by atoms with E-state index in [1.54, 1.807) is 13.8 Å².